The Bertz CT molecular complexity index is 461. The third-order valence-corrected chi connectivity index (χ3v) is 3.61. The largest absolute Gasteiger partial charge is 0.485 e. The Morgan fingerprint density at radius 3 is 2.38 bits per heavy atom. The van der Waals surface area contributed by atoms with Crippen LogP contribution in [0.2, 0.25) is 0 Å². The second-order valence-corrected chi connectivity index (χ2v) is 4.98. The van der Waals surface area contributed by atoms with Crippen molar-refractivity contribution in [3.8, 4) is 5.75 Å². The van der Waals surface area contributed by atoms with E-state index in [1.165, 1.54) is 6.07 Å². The van der Waals surface area contributed by atoms with Crippen molar-refractivity contribution in [1.82, 2.24) is 9.80 Å². The maximum Gasteiger partial charge on any atom is 0.310 e. The highest BCUT2D eigenvalue weighted by Gasteiger charge is 2.17. The molecule has 0 spiro atoms. The van der Waals surface area contributed by atoms with Gasteiger partial charge in [0, 0.05) is 45.3 Å². The zero-order valence-corrected chi connectivity index (χ0v) is 12.0. The van der Waals surface area contributed by atoms with Gasteiger partial charge < -0.3 is 9.84 Å². The number of β-amino-alcohol motifs (C(OH)–C–C–N with tert-alkyl or cyclic N) is 1. The molecule has 0 atom stereocenters. The fourth-order valence-corrected chi connectivity index (χ4v) is 2.39. The predicted molar refractivity (Wildman–Crippen MR) is 78.6 cm³/mol. The molecule has 1 aromatic rings. The van der Waals surface area contributed by atoms with Gasteiger partial charge in [0.1, 0.15) is 6.61 Å². The van der Waals surface area contributed by atoms with Crippen molar-refractivity contribution < 1.29 is 14.8 Å². The van der Waals surface area contributed by atoms with Gasteiger partial charge in [-0.2, -0.15) is 0 Å². The summed E-state index contributed by atoms with van der Waals surface area (Å²) < 4.78 is 5.54. The SMILES string of the molecule is O=[N+]([O-])c1ccccc1OCCN1CCN(CCO)CC1. The lowest BCUT2D eigenvalue weighted by atomic mass is 10.3. The standard InChI is InChI=1S/C14H21N3O4/c18-11-9-15-5-7-16(8-6-15)10-12-21-14-4-2-1-3-13(14)17(19)20/h1-4,18H,5-12H2. The van der Waals surface area contributed by atoms with Crippen LogP contribution in [-0.2, 0) is 0 Å². The van der Waals surface area contributed by atoms with Crippen LogP contribution in [0.4, 0.5) is 5.69 Å². The van der Waals surface area contributed by atoms with E-state index in [0.29, 0.717) is 12.4 Å². The molecule has 2 rings (SSSR count). The zero-order valence-electron chi connectivity index (χ0n) is 12.0. The predicted octanol–water partition coefficient (Wildman–Crippen LogP) is 0.583. The minimum atomic E-state index is -0.428. The van der Waals surface area contributed by atoms with Gasteiger partial charge in [0.25, 0.3) is 0 Å². The Kier molecular flexibility index (Phi) is 5.91. The van der Waals surface area contributed by atoms with Crippen LogP contribution in [0.3, 0.4) is 0 Å². The topological polar surface area (TPSA) is 79.1 Å². The highest BCUT2D eigenvalue weighted by atomic mass is 16.6. The third-order valence-electron chi connectivity index (χ3n) is 3.61. The van der Waals surface area contributed by atoms with Crippen LogP contribution in [-0.4, -0.2) is 72.3 Å². The van der Waals surface area contributed by atoms with Crippen molar-refractivity contribution in [1.29, 1.82) is 0 Å². The van der Waals surface area contributed by atoms with Gasteiger partial charge in [0.2, 0.25) is 0 Å². The molecule has 1 fully saturated rings. The number of para-hydroxylation sites is 2. The Morgan fingerprint density at radius 1 is 1.14 bits per heavy atom. The molecule has 1 N–H and O–H groups in total. The van der Waals surface area contributed by atoms with Crippen LogP contribution in [0.5, 0.6) is 5.75 Å². The molecule has 7 heteroatoms. The molecule has 0 saturated carbocycles. The number of nitro groups is 1. The molecule has 7 nitrogen and oxygen atoms in total. The molecule has 1 aliphatic rings. The fourth-order valence-electron chi connectivity index (χ4n) is 2.39. The lowest BCUT2D eigenvalue weighted by Crippen LogP contribution is -2.48. The number of nitro benzene ring substituents is 1. The quantitative estimate of drug-likeness (QED) is 0.585. The van der Waals surface area contributed by atoms with Crippen LogP contribution in [0, 0.1) is 10.1 Å². The number of ether oxygens (including phenoxy) is 1. The van der Waals surface area contributed by atoms with Crippen molar-refractivity contribution in [2.45, 2.75) is 0 Å². The van der Waals surface area contributed by atoms with Crippen molar-refractivity contribution in [3.63, 3.8) is 0 Å². The summed E-state index contributed by atoms with van der Waals surface area (Å²) in [6.45, 7) is 5.84. The first kappa shape index (κ1) is 15.7. The maximum atomic E-state index is 10.9. The Balaban J connectivity index is 1.74. The van der Waals surface area contributed by atoms with Gasteiger partial charge in [-0.05, 0) is 6.07 Å². The first-order chi connectivity index (χ1) is 10.2. The average Bonchev–Trinajstić information content (AvgIpc) is 2.50. The Labute approximate surface area is 123 Å². The molecule has 0 aliphatic carbocycles. The van der Waals surface area contributed by atoms with Gasteiger partial charge in [-0.1, -0.05) is 12.1 Å². The van der Waals surface area contributed by atoms with E-state index < -0.39 is 4.92 Å². The van der Waals surface area contributed by atoms with E-state index in [1.807, 2.05) is 0 Å². The van der Waals surface area contributed by atoms with Crippen molar-refractivity contribution in [3.05, 3.63) is 34.4 Å². The first-order valence-electron chi connectivity index (χ1n) is 7.12. The molecule has 0 bridgehead atoms. The molecule has 0 aromatic heterocycles. The summed E-state index contributed by atoms with van der Waals surface area (Å²) in [7, 11) is 0. The summed E-state index contributed by atoms with van der Waals surface area (Å²) in [5.74, 6) is 0.321. The van der Waals surface area contributed by atoms with E-state index in [1.54, 1.807) is 18.2 Å². The van der Waals surface area contributed by atoms with Crippen LogP contribution in [0.15, 0.2) is 24.3 Å². The highest BCUT2D eigenvalue weighted by Crippen LogP contribution is 2.25. The van der Waals surface area contributed by atoms with Gasteiger partial charge in [-0.15, -0.1) is 0 Å². The summed E-state index contributed by atoms with van der Waals surface area (Å²) in [5.41, 5.74) is 0.00488. The van der Waals surface area contributed by atoms with Crippen LogP contribution < -0.4 is 4.74 Å². The Hall–Kier alpha value is -1.70. The summed E-state index contributed by atoms with van der Waals surface area (Å²) in [5, 5.41) is 19.8. The first-order valence-corrected chi connectivity index (χ1v) is 7.12. The second-order valence-electron chi connectivity index (χ2n) is 4.98. The number of nitrogens with zero attached hydrogens (tertiary/aromatic N) is 3. The minimum absolute atomic E-state index is 0.00488. The van der Waals surface area contributed by atoms with Crippen LogP contribution in [0.1, 0.15) is 0 Å². The van der Waals surface area contributed by atoms with E-state index in [4.69, 9.17) is 9.84 Å². The van der Waals surface area contributed by atoms with Crippen LogP contribution >= 0.6 is 0 Å². The molecule has 1 saturated heterocycles. The third kappa shape index (κ3) is 4.66. The molecule has 0 unspecified atom stereocenters. The number of piperazine rings is 1. The number of aliphatic hydroxyl groups is 1. The fraction of sp³-hybridized carbons (Fsp3) is 0.571. The van der Waals surface area contributed by atoms with Crippen molar-refractivity contribution >= 4 is 5.69 Å². The van der Waals surface area contributed by atoms with E-state index in [9.17, 15) is 10.1 Å². The summed E-state index contributed by atoms with van der Waals surface area (Å²) in [4.78, 5) is 14.9. The smallest absolute Gasteiger partial charge is 0.310 e. The monoisotopic (exact) mass is 295 g/mol. The van der Waals surface area contributed by atoms with Gasteiger partial charge in [0.05, 0.1) is 11.5 Å². The molecule has 1 heterocycles. The molecule has 1 aliphatic heterocycles. The molecule has 0 amide bonds. The molecule has 1 aromatic carbocycles. The molecular weight excluding hydrogens is 274 g/mol. The van der Waals surface area contributed by atoms with Gasteiger partial charge >= 0.3 is 5.69 Å². The number of hydrogen-bond acceptors (Lipinski definition) is 6. The maximum absolute atomic E-state index is 10.9. The van der Waals surface area contributed by atoms with Gasteiger partial charge in [-0.25, -0.2) is 0 Å². The summed E-state index contributed by atoms with van der Waals surface area (Å²) in [6.07, 6.45) is 0. The van der Waals surface area contributed by atoms with E-state index in [-0.39, 0.29) is 12.3 Å². The average molecular weight is 295 g/mol. The summed E-state index contributed by atoms with van der Waals surface area (Å²) >= 11 is 0. The number of rotatable bonds is 7. The van der Waals surface area contributed by atoms with E-state index >= 15 is 0 Å². The Morgan fingerprint density at radius 2 is 1.76 bits per heavy atom. The molecule has 116 valence electrons. The van der Waals surface area contributed by atoms with Crippen molar-refractivity contribution in [2.75, 3.05) is 52.5 Å². The highest BCUT2D eigenvalue weighted by molar-refractivity contribution is 5.45. The van der Waals surface area contributed by atoms with E-state index in [0.717, 1.165) is 39.3 Å². The molecular formula is C14H21N3O4. The number of aliphatic hydroxyl groups excluding tert-OH is 1. The van der Waals surface area contributed by atoms with Gasteiger partial charge in [-0.3, -0.25) is 19.9 Å². The second kappa shape index (κ2) is 7.92. The number of hydrogen-bond donors (Lipinski definition) is 1. The lowest BCUT2D eigenvalue weighted by molar-refractivity contribution is -0.385. The number of benzene rings is 1. The zero-order chi connectivity index (χ0) is 15.1. The van der Waals surface area contributed by atoms with Crippen LogP contribution in [0.25, 0.3) is 0 Å². The minimum Gasteiger partial charge on any atom is -0.485 e. The normalized spacial score (nSPS) is 16.8. The summed E-state index contributed by atoms with van der Waals surface area (Å²) in [6, 6.07) is 6.43. The van der Waals surface area contributed by atoms with E-state index in [2.05, 4.69) is 9.80 Å². The van der Waals surface area contributed by atoms with Crippen molar-refractivity contribution in [2.24, 2.45) is 0 Å². The lowest BCUT2D eigenvalue weighted by Gasteiger charge is -2.34. The molecule has 21 heavy (non-hydrogen) atoms. The molecule has 0 radical (unpaired) electrons. The van der Waals surface area contributed by atoms with Gasteiger partial charge in [0.15, 0.2) is 5.75 Å².